The molecule has 0 atom stereocenters. The summed E-state index contributed by atoms with van der Waals surface area (Å²) in [4.78, 5) is 18.2. The van der Waals surface area contributed by atoms with E-state index in [2.05, 4.69) is 0 Å². The zero-order valence-corrected chi connectivity index (χ0v) is 7.74. The molecule has 4 nitrogen and oxygen atoms in total. The minimum atomic E-state index is -4.14. The van der Waals surface area contributed by atoms with E-state index in [9.17, 15) is 0 Å². The summed E-state index contributed by atoms with van der Waals surface area (Å²) in [6, 6.07) is 0. The standard InChI is InChI=1S/CH5O3P.H2O.Zn/c1-5(2,3)4;;/h1H3,(H2,2,3,4);1H2;/q;;+2/p-2. The van der Waals surface area contributed by atoms with Crippen LogP contribution < -0.4 is 9.79 Å². The Balaban J connectivity index is -0.0000000800. The van der Waals surface area contributed by atoms with Crippen molar-refractivity contribution >= 4 is 7.60 Å². The van der Waals surface area contributed by atoms with Gasteiger partial charge in [-0.1, -0.05) is 7.60 Å². The predicted octanol–water partition coefficient (Wildman–Crippen LogP) is -2.30. The van der Waals surface area contributed by atoms with E-state index in [0.29, 0.717) is 6.66 Å². The molecule has 0 aliphatic rings. The average Bonchev–Trinajstić information content (AvgIpc) is 0.722. The number of hydrogen-bond donors (Lipinski definition) is 0. The molecule has 0 aromatic heterocycles. The van der Waals surface area contributed by atoms with Crippen LogP contribution in [0.5, 0.6) is 0 Å². The van der Waals surface area contributed by atoms with Gasteiger partial charge >= 0.3 is 19.5 Å². The smallest absolute Gasteiger partial charge is 0.811 e. The van der Waals surface area contributed by atoms with Gasteiger partial charge in [-0.3, -0.25) is 0 Å². The molecule has 0 radical (unpaired) electrons. The zero-order valence-electron chi connectivity index (χ0n) is 3.88. The van der Waals surface area contributed by atoms with E-state index < -0.39 is 7.60 Å². The van der Waals surface area contributed by atoms with Gasteiger partial charge in [-0.05, 0) is 6.66 Å². The van der Waals surface area contributed by atoms with Gasteiger partial charge in [0.25, 0.3) is 0 Å². The Hall–Kier alpha value is 0.733. The van der Waals surface area contributed by atoms with Crippen molar-refractivity contribution in [3.8, 4) is 0 Å². The SMILES string of the molecule is CP(=O)([O-])[O-].O.[Zn+2]. The predicted molar refractivity (Wildman–Crippen MR) is 17.1 cm³/mol. The van der Waals surface area contributed by atoms with Crippen LogP contribution in [-0.2, 0) is 24.0 Å². The van der Waals surface area contributed by atoms with Crippen molar-refractivity contribution in [2.45, 2.75) is 0 Å². The Kier molecular flexibility index (Phi) is 10.9. The van der Waals surface area contributed by atoms with Gasteiger partial charge in [0, 0.05) is 0 Å². The molecule has 0 bridgehead atoms. The van der Waals surface area contributed by atoms with Crippen LogP contribution in [-0.4, -0.2) is 12.1 Å². The first-order valence-corrected chi connectivity index (χ1v) is 2.98. The third kappa shape index (κ3) is 280. The van der Waals surface area contributed by atoms with Crippen LogP contribution >= 0.6 is 7.60 Å². The Labute approximate surface area is 54.2 Å². The maximum atomic E-state index is 9.10. The summed E-state index contributed by atoms with van der Waals surface area (Å²) in [5.41, 5.74) is 0. The first kappa shape index (κ1) is 15.6. The number of hydrogen-bond acceptors (Lipinski definition) is 3. The molecule has 2 N–H and O–H groups in total. The molecule has 6 heteroatoms. The fraction of sp³-hybridized carbons (Fsp3) is 1.00. The van der Waals surface area contributed by atoms with Crippen molar-refractivity contribution in [1.82, 2.24) is 0 Å². The van der Waals surface area contributed by atoms with Gasteiger partial charge in [-0.25, -0.2) is 0 Å². The molecule has 0 saturated carbocycles. The van der Waals surface area contributed by atoms with E-state index in [0.717, 1.165) is 0 Å². The molecule has 0 aromatic rings. The molecule has 0 heterocycles. The van der Waals surface area contributed by atoms with Crippen molar-refractivity contribution in [1.29, 1.82) is 0 Å². The Morgan fingerprint density at radius 1 is 1.43 bits per heavy atom. The van der Waals surface area contributed by atoms with E-state index in [-0.39, 0.29) is 25.0 Å². The third-order valence-electron chi connectivity index (χ3n) is 0. The van der Waals surface area contributed by atoms with E-state index in [1.165, 1.54) is 0 Å². The van der Waals surface area contributed by atoms with E-state index in [1.54, 1.807) is 0 Å². The first-order chi connectivity index (χ1) is 2.00. The molecule has 0 spiro atoms. The second-order valence-electron chi connectivity index (χ2n) is 0.771. The molecule has 40 valence electrons. The van der Waals surface area contributed by atoms with E-state index in [4.69, 9.17) is 14.4 Å². The number of rotatable bonds is 0. The van der Waals surface area contributed by atoms with Crippen molar-refractivity contribution in [3.63, 3.8) is 0 Å². The normalized spacial score (nSPS) is 8.43. The Bertz CT molecular complexity index is 57.8. The maximum Gasteiger partial charge on any atom is 2.00 e. The fourth-order valence-corrected chi connectivity index (χ4v) is 0. The molecule has 0 fully saturated rings. The quantitative estimate of drug-likeness (QED) is 0.308. The Morgan fingerprint density at radius 3 is 1.43 bits per heavy atom. The largest absolute Gasteiger partial charge is 2.00 e. The average molecular weight is 177 g/mol. The minimum absolute atomic E-state index is 0. The molecule has 0 aliphatic heterocycles. The zero-order chi connectivity index (χ0) is 4.50. The van der Waals surface area contributed by atoms with Gasteiger partial charge in [-0.2, -0.15) is 0 Å². The first-order valence-electron chi connectivity index (χ1n) is 0.995. The second-order valence-corrected chi connectivity index (χ2v) is 2.31. The van der Waals surface area contributed by atoms with Crippen LogP contribution in [0.15, 0.2) is 0 Å². The van der Waals surface area contributed by atoms with Crippen molar-refractivity contribution in [2.24, 2.45) is 0 Å². The summed E-state index contributed by atoms with van der Waals surface area (Å²) >= 11 is 0. The van der Waals surface area contributed by atoms with Crippen molar-refractivity contribution in [2.75, 3.05) is 6.66 Å². The van der Waals surface area contributed by atoms with Gasteiger partial charge in [-0.15, -0.1) is 0 Å². The summed E-state index contributed by atoms with van der Waals surface area (Å²) < 4.78 is 9.10. The molecule has 0 amide bonds. The van der Waals surface area contributed by atoms with Crippen molar-refractivity contribution in [3.05, 3.63) is 0 Å². The van der Waals surface area contributed by atoms with Gasteiger partial charge in [0.1, 0.15) is 0 Å². The second kappa shape index (κ2) is 4.88. The summed E-state index contributed by atoms with van der Waals surface area (Å²) in [6.45, 7) is 0.632. The molecular weight excluding hydrogens is 172 g/mol. The summed E-state index contributed by atoms with van der Waals surface area (Å²) in [5.74, 6) is 0. The molecule has 7 heavy (non-hydrogen) atoms. The molecule has 0 rings (SSSR count). The molecule has 0 saturated heterocycles. The van der Waals surface area contributed by atoms with Gasteiger partial charge < -0.3 is 19.8 Å². The van der Waals surface area contributed by atoms with Gasteiger partial charge in [0.05, 0.1) is 0 Å². The van der Waals surface area contributed by atoms with Crippen LogP contribution in [0.3, 0.4) is 0 Å². The van der Waals surface area contributed by atoms with Crippen molar-refractivity contribution < 1.29 is 39.3 Å². The minimum Gasteiger partial charge on any atom is -0.811 e. The van der Waals surface area contributed by atoms with Gasteiger partial charge in [0.2, 0.25) is 0 Å². The maximum absolute atomic E-state index is 9.10. The topological polar surface area (TPSA) is 94.7 Å². The van der Waals surface area contributed by atoms with E-state index >= 15 is 0 Å². The van der Waals surface area contributed by atoms with Crippen LogP contribution in [0.2, 0.25) is 0 Å². The van der Waals surface area contributed by atoms with Crippen LogP contribution in [0, 0.1) is 0 Å². The van der Waals surface area contributed by atoms with Crippen LogP contribution in [0.25, 0.3) is 0 Å². The van der Waals surface area contributed by atoms with E-state index in [1.807, 2.05) is 0 Å². The van der Waals surface area contributed by atoms with Crippen LogP contribution in [0.4, 0.5) is 0 Å². The Morgan fingerprint density at radius 2 is 1.43 bits per heavy atom. The summed E-state index contributed by atoms with van der Waals surface area (Å²) in [6.07, 6.45) is 0. The molecule has 0 unspecified atom stereocenters. The van der Waals surface area contributed by atoms with Crippen LogP contribution in [0.1, 0.15) is 0 Å². The van der Waals surface area contributed by atoms with Gasteiger partial charge in [0.15, 0.2) is 0 Å². The molecule has 0 aromatic carbocycles. The monoisotopic (exact) mass is 176 g/mol. The fourth-order valence-electron chi connectivity index (χ4n) is 0. The molecule has 0 aliphatic carbocycles. The summed E-state index contributed by atoms with van der Waals surface area (Å²) in [5, 5.41) is 0. The third-order valence-corrected chi connectivity index (χ3v) is 0. The molecular formula is CH5O4PZn. The summed E-state index contributed by atoms with van der Waals surface area (Å²) in [7, 11) is -4.14.